The van der Waals surface area contributed by atoms with Crippen LogP contribution in [0.25, 0.3) is 0 Å². The summed E-state index contributed by atoms with van der Waals surface area (Å²) in [6, 6.07) is 11.0. The third-order valence-corrected chi connectivity index (χ3v) is 6.52. The third-order valence-electron chi connectivity index (χ3n) is 4.67. The lowest BCUT2D eigenvalue weighted by molar-refractivity contribution is 0.426. The molecule has 0 amide bonds. The van der Waals surface area contributed by atoms with Crippen molar-refractivity contribution in [1.82, 2.24) is 9.29 Å². The fraction of sp³-hybridized carbons (Fsp3) is 0.278. The van der Waals surface area contributed by atoms with E-state index < -0.39 is 15.8 Å². The number of fused-ring (bicyclic) bond motifs is 1. The molecule has 1 saturated heterocycles. The van der Waals surface area contributed by atoms with Crippen LogP contribution in [-0.2, 0) is 10.0 Å². The SMILES string of the molecule is O=S(=O)(c1ccccc1F)N1CC2CC2(C#Cc2ccccn2)C1. The molecule has 1 aromatic heterocycles. The van der Waals surface area contributed by atoms with Crippen molar-refractivity contribution in [3.63, 3.8) is 0 Å². The summed E-state index contributed by atoms with van der Waals surface area (Å²) in [5.74, 6) is 5.74. The van der Waals surface area contributed by atoms with Gasteiger partial charge in [-0.25, -0.2) is 17.8 Å². The van der Waals surface area contributed by atoms with Crippen LogP contribution in [0.1, 0.15) is 12.1 Å². The molecule has 24 heavy (non-hydrogen) atoms. The van der Waals surface area contributed by atoms with E-state index in [0.717, 1.165) is 6.42 Å². The fourth-order valence-electron chi connectivity index (χ4n) is 3.23. The normalized spacial score (nSPS) is 25.6. The zero-order chi connectivity index (χ0) is 16.8. The highest BCUT2D eigenvalue weighted by Gasteiger charge is 2.61. The van der Waals surface area contributed by atoms with Crippen molar-refractivity contribution in [2.75, 3.05) is 13.1 Å². The van der Waals surface area contributed by atoms with Gasteiger partial charge in [-0.15, -0.1) is 0 Å². The predicted molar refractivity (Wildman–Crippen MR) is 86.8 cm³/mol. The highest BCUT2D eigenvalue weighted by molar-refractivity contribution is 7.89. The molecule has 1 aliphatic carbocycles. The number of piperidine rings is 1. The summed E-state index contributed by atoms with van der Waals surface area (Å²) in [5.41, 5.74) is 0.364. The topological polar surface area (TPSA) is 50.3 Å². The molecule has 2 heterocycles. The maximum absolute atomic E-state index is 13.9. The summed E-state index contributed by atoms with van der Waals surface area (Å²) in [4.78, 5) is 3.90. The van der Waals surface area contributed by atoms with Gasteiger partial charge >= 0.3 is 0 Å². The lowest BCUT2D eigenvalue weighted by Crippen LogP contribution is -2.32. The quantitative estimate of drug-likeness (QED) is 0.787. The Hall–Kier alpha value is -2.23. The average molecular weight is 342 g/mol. The van der Waals surface area contributed by atoms with Crippen molar-refractivity contribution in [2.45, 2.75) is 11.3 Å². The molecule has 2 fully saturated rings. The molecule has 2 aliphatic rings. The van der Waals surface area contributed by atoms with Gasteiger partial charge in [0.05, 0.1) is 5.41 Å². The molecule has 1 aliphatic heterocycles. The Labute approximate surface area is 140 Å². The Kier molecular flexibility index (Phi) is 3.44. The second-order valence-corrected chi connectivity index (χ2v) is 8.16. The van der Waals surface area contributed by atoms with E-state index >= 15 is 0 Å². The smallest absolute Gasteiger partial charge is 0.246 e. The second kappa shape index (κ2) is 5.40. The van der Waals surface area contributed by atoms with Crippen LogP contribution < -0.4 is 0 Å². The molecule has 0 spiro atoms. The minimum Gasteiger partial charge on any atom is -0.248 e. The van der Waals surface area contributed by atoms with Crippen LogP contribution in [0.15, 0.2) is 53.6 Å². The van der Waals surface area contributed by atoms with E-state index in [1.54, 1.807) is 6.20 Å². The Balaban J connectivity index is 1.58. The van der Waals surface area contributed by atoms with E-state index in [4.69, 9.17) is 0 Å². The van der Waals surface area contributed by atoms with Crippen molar-refractivity contribution in [3.8, 4) is 11.8 Å². The first-order chi connectivity index (χ1) is 11.5. The third kappa shape index (κ3) is 2.50. The largest absolute Gasteiger partial charge is 0.248 e. The van der Waals surface area contributed by atoms with E-state index in [0.29, 0.717) is 18.8 Å². The average Bonchev–Trinajstić information content (AvgIpc) is 3.14. The zero-order valence-corrected chi connectivity index (χ0v) is 13.6. The van der Waals surface area contributed by atoms with Gasteiger partial charge in [-0.1, -0.05) is 24.1 Å². The number of halogens is 1. The number of nitrogens with zero attached hydrogens (tertiary/aromatic N) is 2. The van der Waals surface area contributed by atoms with Gasteiger partial charge in [-0.3, -0.25) is 0 Å². The lowest BCUT2D eigenvalue weighted by Gasteiger charge is -2.19. The molecule has 2 unspecified atom stereocenters. The molecule has 6 heteroatoms. The van der Waals surface area contributed by atoms with Crippen LogP contribution in [0, 0.1) is 29.0 Å². The minimum atomic E-state index is -3.82. The Morgan fingerprint density at radius 1 is 1.21 bits per heavy atom. The molecule has 1 saturated carbocycles. The fourth-order valence-corrected chi connectivity index (χ4v) is 4.85. The summed E-state index contributed by atoms with van der Waals surface area (Å²) in [6.45, 7) is 0.710. The Morgan fingerprint density at radius 2 is 2.00 bits per heavy atom. The maximum atomic E-state index is 13.9. The zero-order valence-electron chi connectivity index (χ0n) is 12.8. The van der Waals surface area contributed by atoms with Crippen LogP contribution in [0.2, 0.25) is 0 Å². The molecular weight excluding hydrogens is 327 g/mol. The molecule has 4 rings (SSSR count). The molecule has 4 nitrogen and oxygen atoms in total. The lowest BCUT2D eigenvalue weighted by atomic mass is 10.1. The molecule has 122 valence electrons. The van der Waals surface area contributed by atoms with Crippen LogP contribution in [0.4, 0.5) is 4.39 Å². The van der Waals surface area contributed by atoms with E-state index in [1.165, 1.54) is 28.6 Å². The molecule has 0 N–H and O–H groups in total. The Bertz CT molecular complexity index is 950. The van der Waals surface area contributed by atoms with Crippen LogP contribution in [0.5, 0.6) is 0 Å². The molecular formula is C18H15FN2O2S. The molecule has 2 atom stereocenters. The van der Waals surface area contributed by atoms with Gasteiger partial charge in [0.2, 0.25) is 10.0 Å². The number of hydrogen-bond donors (Lipinski definition) is 0. The number of pyridine rings is 1. The number of aromatic nitrogens is 1. The molecule has 0 bridgehead atoms. The van der Waals surface area contributed by atoms with Gasteiger partial charge in [0.25, 0.3) is 0 Å². The van der Waals surface area contributed by atoms with Gasteiger partial charge < -0.3 is 0 Å². The number of rotatable bonds is 2. The number of benzene rings is 1. The van der Waals surface area contributed by atoms with E-state index in [1.807, 2.05) is 18.2 Å². The maximum Gasteiger partial charge on any atom is 0.246 e. The van der Waals surface area contributed by atoms with Crippen molar-refractivity contribution in [3.05, 3.63) is 60.2 Å². The summed E-state index contributed by atoms with van der Waals surface area (Å²) in [5, 5.41) is 0. The van der Waals surface area contributed by atoms with Gasteiger partial charge in [-0.05, 0) is 42.5 Å². The standard InChI is InChI=1S/C18H15FN2O2S/c19-16-6-1-2-7-17(16)24(22,23)21-12-14-11-18(14,13-21)9-8-15-5-3-4-10-20-15/h1-7,10,14H,11-13H2. The Morgan fingerprint density at radius 3 is 2.75 bits per heavy atom. The van der Waals surface area contributed by atoms with E-state index in [-0.39, 0.29) is 16.2 Å². The number of sulfonamides is 1. The summed E-state index contributed by atoms with van der Waals surface area (Å²) < 4.78 is 40.6. The van der Waals surface area contributed by atoms with Crippen LogP contribution in [-0.4, -0.2) is 30.8 Å². The number of hydrogen-bond acceptors (Lipinski definition) is 3. The highest BCUT2D eigenvalue weighted by Crippen LogP contribution is 2.58. The first kappa shape index (κ1) is 15.3. The minimum absolute atomic E-state index is 0.218. The van der Waals surface area contributed by atoms with Crippen LogP contribution >= 0.6 is 0 Å². The van der Waals surface area contributed by atoms with Gasteiger partial charge in [-0.2, -0.15) is 4.31 Å². The van der Waals surface area contributed by atoms with Crippen molar-refractivity contribution >= 4 is 10.0 Å². The molecule has 0 radical (unpaired) electrons. The van der Waals surface area contributed by atoms with Crippen molar-refractivity contribution in [1.29, 1.82) is 0 Å². The summed E-state index contributed by atoms with van der Waals surface area (Å²) >= 11 is 0. The predicted octanol–water partition coefficient (Wildman–Crippen LogP) is 2.28. The summed E-state index contributed by atoms with van der Waals surface area (Å²) in [6.07, 6.45) is 2.56. The van der Waals surface area contributed by atoms with Crippen molar-refractivity contribution in [2.24, 2.45) is 11.3 Å². The van der Waals surface area contributed by atoms with E-state index in [2.05, 4.69) is 16.8 Å². The van der Waals surface area contributed by atoms with Crippen LogP contribution in [0.3, 0.4) is 0 Å². The van der Waals surface area contributed by atoms with Gasteiger partial charge in [0.15, 0.2) is 0 Å². The molecule has 1 aromatic carbocycles. The first-order valence-corrected chi connectivity index (χ1v) is 9.14. The first-order valence-electron chi connectivity index (χ1n) is 7.70. The monoisotopic (exact) mass is 342 g/mol. The second-order valence-electron chi connectivity index (χ2n) is 6.25. The van der Waals surface area contributed by atoms with Gasteiger partial charge in [0, 0.05) is 19.3 Å². The van der Waals surface area contributed by atoms with E-state index in [9.17, 15) is 12.8 Å². The molecule has 2 aromatic rings. The summed E-state index contributed by atoms with van der Waals surface area (Å²) in [7, 11) is -3.82. The van der Waals surface area contributed by atoms with Gasteiger partial charge in [0.1, 0.15) is 16.4 Å². The highest BCUT2D eigenvalue weighted by atomic mass is 32.2. The van der Waals surface area contributed by atoms with Crippen molar-refractivity contribution < 1.29 is 12.8 Å².